The summed E-state index contributed by atoms with van der Waals surface area (Å²) in [4.78, 5) is 22.4. The highest BCUT2D eigenvalue weighted by Gasteiger charge is 2.57. The number of carbonyl (C=O) groups excluding carboxylic acids is 1. The summed E-state index contributed by atoms with van der Waals surface area (Å²) in [7, 11) is 0. The zero-order chi connectivity index (χ0) is 22.8. The van der Waals surface area contributed by atoms with Gasteiger partial charge in [-0.2, -0.15) is 13.2 Å². The van der Waals surface area contributed by atoms with Crippen LogP contribution in [0.15, 0.2) is 36.5 Å². The van der Waals surface area contributed by atoms with E-state index >= 15 is 0 Å². The van der Waals surface area contributed by atoms with Gasteiger partial charge in [0.2, 0.25) is 5.91 Å². The number of alkyl halides is 3. The molecule has 2 fully saturated rings. The van der Waals surface area contributed by atoms with Gasteiger partial charge in [0.25, 0.3) is 0 Å². The summed E-state index contributed by atoms with van der Waals surface area (Å²) in [6.45, 7) is 2.67. The number of nitrogens with zero attached hydrogens (tertiary/aromatic N) is 3. The second-order valence-corrected chi connectivity index (χ2v) is 10.3. The number of aromatic nitrogens is 1. The van der Waals surface area contributed by atoms with Crippen LogP contribution in [0.1, 0.15) is 60.1 Å². The molecule has 0 radical (unpaired) electrons. The van der Waals surface area contributed by atoms with Gasteiger partial charge in [0.15, 0.2) is 0 Å². The van der Waals surface area contributed by atoms with Crippen LogP contribution in [-0.4, -0.2) is 33.3 Å². The van der Waals surface area contributed by atoms with Gasteiger partial charge >= 0.3 is 6.18 Å². The first-order chi connectivity index (χ1) is 15.8. The molecular formula is C26H28F3N3O. The van der Waals surface area contributed by atoms with Gasteiger partial charge in [-0.25, -0.2) is 0 Å². The van der Waals surface area contributed by atoms with Crippen molar-refractivity contribution in [3.63, 3.8) is 0 Å². The maximum Gasteiger partial charge on any atom is 0.417 e. The van der Waals surface area contributed by atoms with Gasteiger partial charge in [-0.1, -0.05) is 30.7 Å². The number of amides is 1. The third-order valence-corrected chi connectivity index (χ3v) is 8.58. The van der Waals surface area contributed by atoms with Gasteiger partial charge in [-0.3, -0.25) is 14.7 Å². The standard InChI is InChI=1S/C26H28F3N3O/c27-26(28,29)21-10-19-16-31(9-7-23(19)30-13-21)24(33)25-8-3-6-20(25)11-22(12-25)32-14-17-4-1-2-5-18(17)15-32/h1-2,4-5,10,13,20,22H,3,6-9,11-12,14-16H2. The molecule has 6 rings (SSSR count). The van der Waals surface area contributed by atoms with Gasteiger partial charge in [0.1, 0.15) is 0 Å². The highest BCUT2D eigenvalue weighted by molar-refractivity contribution is 5.84. The Morgan fingerprint density at radius 3 is 2.58 bits per heavy atom. The molecule has 2 aliphatic carbocycles. The zero-order valence-electron chi connectivity index (χ0n) is 18.6. The Kier molecular flexibility index (Phi) is 4.84. The van der Waals surface area contributed by atoms with E-state index in [2.05, 4.69) is 34.1 Å². The van der Waals surface area contributed by atoms with Crippen molar-refractivity contribution in [2.24, 2.45) is 11.3 Å². The van der Waals surface area contributed by atoms with Crippen molar-refractivity contribution < 1.29 is 18.0 Å². The molecule has 1 aromatic heterocycles. The molecule has 4 nitrogen and oxygen atoms in total. The van der Waals surface area contributed by atoms with Gasteiger partial charge < -0.3 is 4.90 Å². The van der Waals surface area contributed by atoms with Crippen LogP contribution in [0, 0.1) is 11.3 Å². The van der Waals surface area contributed by atoms with Crippen molar-refractivity contribution in [2.45, 2.75) is 70.4 Å². The van der Waals surface area contributed by atoms with Crippen molar-refractivity contribution in [1.82, 2.24) is 14.8 Å². The van der Waals surface area contributed by atoms with Gasteiger partial charge in [0, 0.05) is 50.5 Å². The minimum Gasteiger partial charge on any atom is -0.337 e. The van der Waals surface area contributed by atoms with E-state index in [0.717, 1.165) is 51.4 Å². The Morgan fingerprint density at radius 1 is 1.09 bits per heavy atom. The van der Waals surface area contributed by atoms with Gasteiger partial charge in [0.05, 0.1) is 11.0 Å². The number of rotatable bonds is 2. The number of pyridine rings is 1. The van der Waals surface area contributed by atoms with E-state index in [9.17, 15) is 18.0 Å². The van der Waals surface area contributed by atoms with Crippen LogP contribution >= 0.6 is 0 Å². The minimum absolute atomic E-state index is 0.160. The molecule has 174 valence electrons. The average molecular weight is 456 g/mol. The molecule has 7 heteroatoms. The molecule has 2 aromatic rings. The smallest absolute Gasteiger partial charge is 0.337 e. The van der Waals surface area contributed by atoms with E-state index in [0.29, 0.717) is 36.2 Å². The number of halogens is 3. The predicted molar refractivity (Wildman–Crippen MR) is 117 cm³/mol. The van der Waals surface area contributed by atoms with Crippen molar-refractivity contribution in [3.8, 4) is 0 Å². The lowest BCUT2D eigenvalue weighted by Gasteiger charge is -2.37. The van der Waals surface area contributed by atoms with Crippen LogP contribution in [-0.2, 0) is 37.0 Å². The molecule has 0 spiro atoms. The molecule has 1 aromatic carbocycles. The first kappa shape index (κ1) is 21.1. The molecule has 33 heavy (non-hydrogen) atoms. The topological polar surface area (TPSA) is 36.4 Å². The summed E-state index contributed by atoms with van der Waals surface area (Å²) in [6, 6.07) is 10.1. The second kappa shape index (κ2) is 7.55. The van der Waals surface area contributed by atoms with Crippen LogP contribution < -0.4 is 0 Å². The second-order valence-electron chi connectivity index (χ2n) is 10.3. The van der Waals surface area contributed by atoms with Crippen LogP contribution in [0.2, 0.25) is 0 Å². The van der Waals surface area contributed by atoms with E-state index in [1.807, 2.05) is 4.90 Å². The molecule has 1 amide bonds. The highest BCUT2D eigenvalue weighted by Crippen LogP contribution is 2.57. The number of benzene rings is 1. The Hall–Kier alpha value is -2.41. The summed E-state index contributed by atoms with van der Waals surface area (Å²) < 4.78 is 39.6. The number of carbonyl (C=O) groups is 1. The maximum absolute atomic E-state index is 13.9. The molecule has 3 heterocycles. The third-order valence-electron chi connectivity index (χ3n) is 8.58. The van der Waals surface area contributed by atoms with Crippen LogP contribution in [0.4, 0.5) is 13.2 Å². The van der Waals surface area contributed by atoms with Crippen molar-refractivity contribution in [3.05, 3.63) is 64.5 Å². The predicted octanol–water partition coefficient (Wildman–Crippen LogP) is 4.95. The SMILES string of the molecule is O=C(N1CCc2ncc(C(F)(F)F)cc2C1)C12CCCC1CC(N1Cc3ccccc3C1)C2. The summed E-state index contributed by atoms with van der Waals surface area (Å²) in [5, 5.41) is 0. The van der Waals surface area contributed by atoms with Gasteiger partial charge in [-0.15, -0.1) is 0 Å². The van der Waals surface area contributed by atoms with E-state index in [4.69, 9.17) is 0 Å². The fraction of sp³-hybridized carbons (Fsp3) is 0.538. The first-order valence-electron chi connectivity index (χ1n) is 12.0. The van der Waals surface area contributed by atoms with Gasteiger partial charge in [-0.05, 0) is 54.4 Å². The molecule has 0 saturated heterocycles. The Morgan fingerprint density at radius 2 is 1.85 bits per heavy atom. The van der Waals surface area contributed by atoms with E-state index in [1.165, 1.54) is 17.2 Å². The Balaban J connectivity index is 1.21. The molecule has 3 atom stereocenters. The lowest BCUT2D eigenvalue weighted by molar-refractivity contribution is -0.144. The number of hydrogen-bond acceptors (Lipinski definition) is 3. The quantitative estimate of drug-likeness (QED) is 0.643. The molecule has 0 bridgehead atoms. The first-order valence-corrected chi connectivity index (χ1v) is 12.0. The van der Waals surface area contributed by atoms with Crippen molar-refractivity contribution in [1.29, 1.82) is 0 Å². The zero-order valence-corrected chi connectivity index (χ0v) is 18.6. The number of fused-ring (bicyclic) bond motifs is 3. The maximum atomic E-state index is 13.9. The summed E-state index contributed by atoms with van der Waals surface area (Å²) in [5.41, 5.74) is 2.91. The van der Waals surface area contributed by atoms with Crippen molar-refractivity contribution in [2.75, 3.05) is 6.54 Å². The van der Waals surface area contributed by atoms with E-state index in [1.54, 1.807) is 0 Å². The summed E-state index contributed by atoms with van der Waals surface area (Å²) >= 11 is 0. The molecule has 4 aliphatic rings. The molecule has 2 saturated carbocycles. The largest absolute Gasteiger partial charge is 0.417 e. The highest BCUT2D eigenvalue weighted by atomic mass is 19.4. The fourth-order valence-electron chi connectivity index (χ4n) is 6.92. The van der Waals surface area contributed by atoms with E-state index in [-0.39, 0.29) is 17.9 Å². The Bertz CT molecular complexity index is 1080. The summed E-state index contributed by atoms with van der Waals surface area (Å²) in [5.74, 6) is 0.534. The van der Waals surface area contributed by atoms with Crippen LogP contribution in [0.25, 0.3) is 0 Å². The average Bonchev–Trinajstić information content (AvgIpc) is 3.49. The molecular weight excluding hydrogens is 427 g/mol. The monoisotopic (exact) mass is 455 g/mol. The summed E-state index contributed by atoms with van der Waals surface area (Å²) in [6.07, 6.45) is 1.97. The van der Waals surface area contributed by atoms with Crippen LogP contribution in [0.5, 0.6) is 0 Å². The normalized spacial score (nSPS) is 29.1. The lowest BCUT2D eigenvalue weighted by atomic mass is 9.78. The van der Waals surface area contributed by atoms with E-state index < -0.39 is 11.7 Å². The minimum atomic E-state index is -4.42. The molecule has 0 N–H and O–H groups in total. The Labute approximate surface area is 191 Å². The van der Waals surface area contributed by atoms with Crippen molar-refractivity contribution >= 4 is 5.91 Å². The number of hydrogen-bond donors (Lipinski definition) is 0. The fourth-order valence-corrected chi connectivity index (χ4v) is 6.92. The lowest BCUT2D eigenvalue weighted by Crippen LogP contribution is -2.47. The van der Waals surface area contributed by atoms with Crippen LogP contribution in [0.3, 0.4) is 0 Å². The third kappa shape index (κ3) is 3.47. The molecule has 2 aliphatic heterocycles. The molecule has 3 unspecified atom stereocenters.